The van der Waals surface area contributed by atoms with E-state index in [0.29, 0.717) is 11.5 Å². The Morgan fingerprint density at radius 2 is 1.94 bits per heavy atom. The summed E-state index contributed by atoms with van der Waals surface area (Å²) in [5.74, 6) is 1.39. The summed E-state index contributed by atoms with van der Waals surface area (Å²) in [5.41, 5.74) is 6.90. The van der Waals surface area contributed by atoms with Crippen molar-refractivity contribution in [2.45, 2.75) is 19.4 Å². The molecule has 16 heavy (non-hydrogen) atoms. The van der Waals surface area contributed by atoms with Crippen molar-refractivity contribution >= 4 is 31.9 Å². The van der Waals surface area contributed by atoms with Crippen LogP contribution in [0.15, 0.2) is 15.0 Å². The molecule has 0 spiro atoms. The summed E-state index contributed by atoms with van der Waals surface area (Å²) in [6.45, 7) is 1.97. The second-order valence-electron chi connectivity index (χ2n) is 3.57. The number of benzene rings is 1. The Balaban J connectivity index is 3.29. The lowest BCUT2D eigenvalue weighted by atomic mass is 10.1. The number of ether oxygens (including phenoxy) is 2. The van der Waals surface area contributed by atoms with E-state index in [1.54, 1.807) is 14.2 Å². The third-order valence-corrected chi connectivity index (χ3v) is 3.73. The molecule has 1 aromatic rings. The highest BCUT2D eigenvalue weighted by atomic mass is 79.9. The van der Waals surface area contributed by atoms with Crippen molar-refractivity contribution in [2.75, 3.05) is 14.2 Å². The molecule has 1 atom stereocenters. The maximum absolute atomic E-state index is 5.81. The van der Waals surface area contributed by atoms with Gasteiger partial charge in [-0.05, 0) is 40.9 Å². The molecule has 1 aromatic carbocycles. The monoisotopic (exact) mass is 351 g/mol. The van der Waals surface area contributed by atoms with Crippen LogP contribution in [0, 0.1) is 0 Å². The predicted octanol–water partition coefficient (Wildman–Crippen LogP) is 3.12. The largest absolute Gasteiger partial charge is 0.493 e. The van der Waals surface area contributed by atoms with Crippen molar-refractivity contribution in [3.05, 3.63) is 20.6 Å². The molecule has 0 aliphatic rings. The van der Waals surface area contributed by atoms with Gasteiger partial charge in [0.2, 0.25) is 0 Å². The molecule has 0 saturated carbocycles. The van der Waals surface area contributed by atoms with Gasteiger partial charge in [-0.15, -0.1) is 0 Å². The molecule has 0 aliphatic carbocycles. The molecule has 1 rings (SSSR count). The Hall–Kier alpha value is -0.260. The van der Waals surface area contributed by atoms with Gasteiger partial charge in [0.1, 0.15) is 0 Å². The van der Waals surface area contributed by atoms with Crippen LogP contribution in [0.2, 0.25) is 0 Å². The number of halogens is 2. The van der Waals surface area contributed by atoms with Crippen LogP contribution in [-0.4, -0.2) is 20.3 Å². The third-order valence-electron chi connectivity index (χ3n) is 2.18. The van der Waals surface area contributed by atoms with Crippen molar-refractivity contribution < 1.29 is 9.47 Å². The van der Waals surface area contributed by atoms with Crippen LogP contribution < -0.4 is 15.2 Å². The number of nitrogens with two attached hydrogens (primary N) is 1. The summed E-state index contributed by atoms with van der Waals surface area (Å²) in [6, 6.07) is 1.98. The SMILES string of the molecule is COc1cc(Br)c(C[C@@H](C)N)c(Br)c1OC. The van der Waals surface area contributed by atoms with Gasteiger partial charge in [0.05, 0.1) is 18.7 Å². The van der Waals surface area contributed by atoms with Crippen molar-refractivity contribution in [1.82, 2.24) is 0 Å². The fourth-order valence-electron chi connectivity index (χ4n) is 1.47. The van der Waals surface area contributed by atoms with E-state index in [2.05, 4.69) is 31.9 Å². The highest BCUT2D eigenvalue weighted by molar-refractivity contribution is 9.11. The van der Waals surface area contributed by atoms with E-state index in [-0.39, 0.29) is 6.04 Å². The summed E-state index contributed by atoms with van der Waals surface area (Å²) >= 11 is 7.03. The number of methoxy groups -OCH3 is 2. The molecule has 0 amide bonds. The van der Waals surface area contributed by atoms with Crippen molar-refractivity contribution in [1.29, 1.82) is 0 Å². The van der Waals surface area contributed by atoms with Crippen LogP contribution in [0.3, 0.4) is 0 Å². The highest BCUT2D eigenvalue weighted by Crippen LogP contribution is 2.42. The molecular weight excluding hydrogens is 338 g/mol. The molecule has 2 N–H and O–H groups in total. The van der Waals surface area contributed by atoms with Crippen LogP contribution in [0.25, 0.3) is 0 Å². The van der Waals surface area contributed by atoms with Crippen molar-refractivity contribution in [3.63, 3.8) is 0 Å². The molecule has 0 aliphatic heterocycles. The first kappa shape index (κ1) is 13.8. The molecule has 0 fully saturated rings. The average Bonchev–Trinajstić information content (AvgIpc) is 2.23. The van der Waals surface area contributed by atoms with E-state index >= 15 is 0 Å². The van der Waals surface area contributed by atoms with Gasteiger partial charge in [-0.25, -0.2) is 0 Å². The lowest BCUT2D eigenvalue weighted by Gasteiger charge is -2.16. The Kier molecular flexibility index (Phi) is 5.08. The Morgan fingerprint density at radius 1 is 1.31 bits per heavy atom. The molecule has 0 radical (unpaired) electrons. The van der Waals surface area contributed by atoms with Crippen LogP contribution in [0.1, 0.15) is 12.5 Å². The molecule has 0 saturated heterocycles. The van der Waals surface area contributed by atoms with Gasteiger partial charge < -0.3 is 15.2 Å². The molecule has 90 valence electrons. The third kappa shape index (κ3) is 2.90. The maximum Gasteiger partial charge on any atom is 0.175 e. The fourth-order valence-corrected chi connectivity index (χ4v) is 3.04. The van der Waals surface area contributed by atoms with Crippen LogP contribution >= 0.6 is 31.9 Å². The minimum absolute atomic E-state index is 0.0886. The smallest absolute Gasteiger partial charge is 0.175 e. The molecule has 0 unspecified atom stereocenters. The summed E-state index contributed by atoms with van der Waals surface area (Å²) < 4.78 is 12.4. The number of hydrogen-bond acceptors (Lipinski definition) is 3. The Bertz CT molecular complexity index is 381. The molecule has 0 heterocycles. The average molecular weight is 353 g/mol. The fraction of sp³-hybridized carbons (Fsp3) is 0.455. The van der Waals surface area contributed by atoms with Crippen LogP contribution in [0.5, 0.6) is 11.5 Å². The van der Waals surface area contributed by atoms with Gasteiger partial charge in [-0.3, -0.25) is 0 Å². The van der Waals surface area contributed by atoms with Gasteiger partial charge >= 0.3 is 0 Å². The summed E-state index contributed by atoms with van der Waals surface area (Å²) in [6.07, 6.45) is 0.765. The van der Waals surface area contributed by atoms with Gasteiger partial charge in [0.25, 0.3) is 0 Å². The first-order chi connectivity index (χ1) is 7.51. The summed E-state index contributed by atoms with van der Waals surface area (Å²) in [5, 5.41) is 0. The first-order valence-electron chi connectivity index (χ1n) is 4.85. The lowest BCUT2D eigenvalue weighted by molar-refractivity contribution is 0.352. The van der Waals surface area contributed by atoms with E-state index in [1.807, 2.05) is 13.0 Å². The maximum atomic E-state index is 5.81. The standard InChI is InChI=1S/C11H15Br2NO2/c1-6(14)4-7-8(12)5-9(15-2)11(16-3)10(7)13/h5-6H,4,14H2,1-3H3/t6-/m1/s1. The zero-order valence-electron chi connectivity index (χ0n) is 9.51. The van der Waals surface area contributed by atoms with Crippen LogP contribution in [-0.2, 0) is 6.42 Å². The van der Waals surface area contributed by atoms with E-state index in [0.717, 1.165) is 20.9 Å². The lowest BCUT2D eigenvalue weighted by Crippen LogP contribution is -2.18. The highest BCUT2D eigenvalue weighted by Gasteiger charge is 2.17. The molecule has 3 nitrogen and oxygen atoms in total. The minimum Gasteiger partial charge on any atom is -0.493 e. The molecule has 0 aromatic heterocycles. The molecular formula is C11H15Br2NO2. The summed E-state index contributed by atoms with van der Waals surface area (Å²) in [4.78, 5) is 0. The second kappa shape index (κ2) is 5.89. The normalized spacial score (nSPS) is 12.4. The van der Waals surface area contributed by atoms with E-state index < -0.39 is 0 Å². The van der Waals surface area contributed by atoms with Crippen molar-refractivity contribution in [3.8, 4) is 11.5 Å². The van der Waals surface area contributed by atoms with Gasteiger partial charge in [-0.2, -0.15) is 0 Å². The van der Waals surface area contributed by atoms with Gasteiger partial charge in [0.15, 0.2) is 11.5 Å². The Morgan fingerprint density at radius 3 is 2.38 bits per heavy atom. The predicted molar refractivity (Wildman–Crippen MR) is 72.3 cm³/mol. The van der Waals surface area contributed by atoms with E-state index in [1.165, 1.54) is 0 Å². The topological polar surface area (TPSA) is 44.5 Å². The summed E-state index contributed by atoms with van der Waals surface area (Å²) in [7, 11) is 3.23. The van der Waals surface area contributed by atoms with Crippen LogP contribution in [0.4, 0.5) is 0 Å². The number of rotatable bonds is 4. The van der Waals surface area contributed by atoms with E-state index in [9.17, 15) is 0 Å². The molecule has 5 heteroatoms. The molecule has 0 bridgehead atoms. The quantitative estimate of drug-likeness (QED) is 0.905. The zero-order valence-corrected chi connectivity index (χ0v) is 12.7. The number of hydrogen-bond donors (Lipinski definition) is 1. The van der Waals surface area contributed by atoms with E-state index in [4.69, 9.17) is 15.2 Å². The van der Waals surface area contributed by atoms with Gasteiger partial charge in [0, 0.05) is 10.5 Å². The Labute approximate surface area is 113 Å². The minimum atomic E-state index is 0.0886. The van der Waals surface area contributed by atoms with Crippen molar-refractivity contribution in [2.24, 2.45) is 5.73 Å². The second-order valence-corrected chi connectivity index (χ2v) is 5.22. The zero-order chi connectivity index (χ0) is 12.3. The first-order valence-corrected chi connectivity index (χ1v) is 6.44. The van der Waals surface area contributed by atoms with Gasteiger partial charge in [-0.1, -0.05) is 15.9 Å².